The van der Waals surface area contributed by atoms with Crippen molar-refractivity contribution in [2.45, 2.75) is 57.9 Å². The van der Waals surface area contributed by atoms with Crippen molar-refractivity contribution in [3.05, 3.63) is 35.4 Å². The molecule has 2 fully saturated rings. The van der Waals surface area contributed by atoms with E-state index in [1.54, 1.807) is 0 Å². The van der Waals surface area contributed by atoms with Crippen LogP contribution in [0.5, 0.6) is 0 Å². The smallest absolute Gasteiger partial charge is 0.167 e. The SMILES string of the molecule is CC(C)(C)c1ccc(C(=O)[C@@H]2CCCN(C3CCSCC3)C2)cc1. The van der Waals surface area contributed by atoms with E-state index in [0.717, 1.165) is 18.5 Å². The molecule has 0 spiro atoms. The van der Waals surface area contributed by atoms with E-state index in [1.165, 1.54) is 42.9 Å². The Kier molecular flexibility index (Phi) is 5.71. The minimum atomic E-state index is 0.141. The zero-order valence-corrected chi connectivity index (χ0v) is 16.2. The van der Waals surface area contributed by atoms with Crippen LogP contribution < -0.4 is 0 Å². The van der Waals surface area contributed by atoms with Gasteiger partial charge in [0, 0.05) is 24.1 Å². The molecule has 3 heteroatoms. The third kappa shape index (κ3) is 4.23. The summed E-state index contributed by atoms with van der Waals surface area (Å²) in [5, 5.41) is 0. The highest BCUT2D eigenvalue weighted by molar-refractivity contribution is 7.99. The van der Waals surface area contributed by atoms with Crippen LogP contribution >= 0.6 is 11.8 Å². The number of hydrogen-bond donors (Lipinski definition) is 0. The number of likely N-dealkylation sites (tertiary alicyclic amines) is 1. The monoisotopic (exact) mass is 345 g/mol. The Morgan fingerprint density at radius 1 is 1.08 bits per heavy atom. The highest BCUT2D eigenvalue weighted by Gasteiger charge is 2.31. The molecule has 0 unspecified atom stereocenters. The average molecular weight is 346 g/mol. The lowest BCUT2D eigenvalue weighted by Gasteiger charge is -2.39. The number of ketones is 1. The molecule has 0 aromatic heterocycles. The molecule has 2 nitrogen and oxygen atoms in total. The number of hydrogen-bond acceptors (Lipinski definition) is 3. The van der Waals surface area contributed by atoms with Crippen LogP contribution in [-0.2, 0) is 5.41 Å². The predicted octanol–water partition coefficient (Wildman–Crippen LogP) is 4.77. The number of rotatable bonds is 3. The first-order valence-electron chi connectivity index (χ1n) is 9.42. The molecule has 2 aliphatic heterocycles. The molecule has 1 aromatic rings. The maximum atomic E-state index is 13.0. The van der Waals surface area contributed by atoms with Crippen LogP contribution in [0.2, 0.25) is 0 Å². The number of nitrogens with zero attached hydrogens (tertiary/aromatic N) is 1. The summed E-state index contributed by atoms with van der Waals surface area (Å²) in [7, 11) is 0. The third-order valence-corrected chi connectivity index (χ3v) is 6.62. The lowest BCUT2D eigenvalue weighted by Crippen LogP contribution is -2.46. The van der Waals surface area contributed by atoms with E-state index in [1.807, 2.05) is 12.1 Å². The number of carbonyl (C=O) groups is 1. The molecular formula is C21H31NOS. The van der Waals surface area contributed by atoms with E-state index in [2.05, 4.69) is 49.6 Å². The van der Waals surface area contributed by atoms with Gasteiger partial charge < -0.3 is 0 Å². The second kappa shape index (κ2) is 7.61. The van der Waals surface area contributed by atoms with Gasteiger partial charge in [-0.2, -0.15) is 11.8 Å². The molecule has 0 aliphatic carbocycles. The molecule has 132 valence electrons. The highest BCUT2D eigenvalue weighted by Crippen LogP contribution is 2.29. The molecular weight excluding hydrogens is 314 g/mol. The minimum absolute atomic E-state index is 0.141. The lowest BCUT2D eigenvalue weighted by atomic mass is 9.84. The molecule has 0 saturated carbocycles. The van der Waals surface area contributed by atoms with Gasteiger partial charge in [0.25, 0.3) is 0 Å². The van der Waals surface area contributed by atoms with Crippen molar-refractivity contribution < 1.29 is 4.79 Å². The second-order valence-electron chi connectivity index (χ2n) is 8.37. The van der Waals surface area contributed by atoms with Crippen LogP contribution in [0.25, 0.3) is 0 Å². The van der Waals surface area contributed by atoms with E-state index in [4.69, 9.17) is 0 Å². The molecule has 1 aromatic carbocycles. The summed E-state index contributed by atoms with van der Waals surface area (Å²) in [5.74, 6) is 3.11. The van der Waals surface area contributed by atoms with Gasteiger partial charge in [0.15, 0.2) is 5.78 Å². The van der Waals surface area contributed by atoms with Crippen molar-refractivity contribution in [1.29, 1.82) is 0 Å². The van der Waals surface area contributed by atoms with Crippen molar-refractivity contribution in [2.24, 2.45) is 5.92 Å². The number of piperidine rings is 1. The van der Waals surface area contributed by atoms with Gasteiger partial charge in [-0.1, -0.05) is 45.0 Å². The summed E-state index contributed by atoms with van der Waals surface area (Å²) in [6, 6.07) is 9.06. The molecule has 1 atom stereocenters. The number of Topliss-reactive ketones (excluding diaryl/α,β-unsaturated/α-hetero) is 1. The van der Waals surface area contributed by atoms with Gasteiger partial charge in [-0.15, -0.1) is 0 Å². The molecule has 0 N–H and O–H groups in total. The van der Waals surface area contributed by atoms with E-state index in [9.17, 15) is 4.79 Å². The Bertz CT molecular complexity index is 554. The highest BCUT2D eigenvalue weighted by atomic mass is 32.2. The summed E-state index contributed by atoms with van der Waals surface area (Å²) >= 11 is 2.08. The first-order chi connectivity index (χ1) is 11.4. The standard InChI is InChI=1S/C21H31NOS/c1-21(2,3)18-8-6-16(7-9-18)20(23)17-5-4-12-22(15-17)19-10-13-24-14-11-19/h6-9,17,19H,4-5,10-15H2,1-3H3/t17-/m1/s1. The molecule has 2 saturated heterocycles. The van der Waals surface area contributed by atoms with E-state index in [-0.39, 0.29) is 11.3 Å². The van der Waals surface area contributed by atoms with Crippen molar-refractivity contribution >= 4 is 17.5 Å². The quantitative estimate of drug-likeness (QED) is 0.736. The number of thioether (sulfide) groups is 1. The summed E-state index contributed by atoms with van der Waals surface area (Å²) in [4.78, 5) is 15.6. The fraction of sp³-hybridized carbons (Fsp3) is 0.667. The lowest BCUT2D eigenvalue weighted by molar-refractivity contribution is 0.0741. The van der Waals surface area contributed by atoms with Crippen LogP contribution in [-0.4, -0.2) is 41.3 Å². The van der Waals surface area contributed by atoms with Crippen LogP contribution in [0.1, 0.15) is 62.4 Å². The molecule has 2 heterocycles. The van der Waals surface area contributed by atoms with E-state index < -0.39 is 0 Å². The summed E-state index contributed by atoms with van der Waals surface area (Å²) in [6.07, 6.45) is 4.82. The van der Waals surface area contributed by atoms with Gasteiger partial charge in [-0.05, 0) is 54.7 Å². The molecule has 24 heavy (non-hydrogen) atoms. The Hall–Kier alpha value is -0.800. The summed E-state index contributed by atoms with van der Waals surface area (Å²) in [5.41, 5.74) is 2.33. The third-order valence-electron chi connectivity index (χ3n) is 5.57. The molecule has 0 radical (unpaired) electrons. The maximum absolute atomic E-state index is 13.0. The summed E-state index contributed by atoms with van der Waals surface area (Å²) in [6.45, 7) is 8.79. The van der Waals surface area contributed by atoms with E-state index in [0.29, 0.717) is 11.8 Å². The van der Waals surface area contributed by atoms with Crippen LogP contribution in [0.4, 0.5) is 0 Å². The molecule has 0 amide bonds. The van der Waals surface area contributed by atoms with Crippen LogP contribution in [0.15, 0.2) is 24.3 Å². The Balaban J connectivity index is 1.65. The Morgan fingerprint density at radius 3 is 2.38 bits per heavy atom. The maximum Gasteiger partial charge on any atom is 0.167 e. The van der Waals surface area contributed by atoms with Gasteiger partial charge in [-0.3, -0.25) is 9.69 Å². The number of carbonyl (C=O) groups excluding carboxylic acids is 1. The van der Waals surface area contributed by atoms with Gasteiger partial charge in [0.1, 0.15) is 0 Å². The Labute approximate surface area is 151 Å². The molecule has 2 aliphatic rings. The topological polar surface area (TPSA) is 20.3 Å². The van der Waals surface area contributed by atoms with Gasteiger partial charge in [0.2, 0.25) is 0 Å². The molecule has 0 bridgehead atoms. The number of benzene rings is 1. The van der Waals surface area contributed by atoms with E-state index >= 15 is 0 Å². The average Bonchev–Trinajstić information content (AvgIpc) is 2.61. The fourth-order valence-corrected chi connectivity index (χ4v) is 5.05. The second-order valence-corrected chi connectivity index (χ2v) is 9.59. The van der Waals surface area contributed by atoms with Crippen molar-refractivity contribution in [3.8, 4) is 0 Å². The van der Waals surface area contributed by atoms with Crippen molar-refractivity contribution in [3.63, 3.8) is 0 Å². The van der Waals surface area contributed by atoms with Gasteiger partial charge in [-0.25, -0.2) is 0 Å². The van der Waals surface area contributed by atoms with Gasteiger partial charge in [0.05, 0.1) is 0 Å². The van der Waals surface area contributed by atoms with Gasteiger partial charge >= 0.3 is 0 Å². The minimum Gasteiger partial charge on any atom is -0.300 e. The normalized spacial score (nSPS) is 24.0. The fourth-order valence-electron chi connectivity index (χ4n) is 3.97. The van der Waals surface area contributed by atoms with Crippen molar-refractivity contribution in [1.82, 2.24) is 4.90 Å². The molecule has 3 rings (SSSR count). The van der Waals surface area contributed by atoms with Crippen molar-refractivity contribution in [2.75, 3.05) is 24.6 Å². The predicted molar refractivity (Wildman–Crippen MR) is 104 cm³/mol. The Morgan fingerprint density at radius 2 is 1.75 bits per heavy atom. The first kappa shape index (κ1) is 18.0. The van der Waals surface area contributed by atoms with Crippen LogP contribution in [0, 0.1) is 5.92 Å². The zero-order chi connectivity index (χ0) is 17.2. The summed E-state index contributed by atoms with van der Waals surface area (Å²) < 4.78 is 0. The zero-order valence-electron chi connectivity index (χ0n) is 15.4. The largest absolute Gasteiger partial charge is 0.300 e. The van der Waals surface area contributed by atoms with Crippen LogP contribution in [0.3, 0.4) is 0 Å². The first-order valence-corrected chi connectivity index (χ1v) is 10.6.